The lowest BCUT2D eigenvalue weighted by atomic mass is 10.0. The van der Waals surface area contributed by atoms with Gasteiger partial charge in [0.1, 0.15) is 11.1 Å². The Bertz CT molecular complexity index is 1500. The van der Waals surface area contributed by atoms with Gasteiger partial charge < -0.3 is 13.9 Å². The van der Waals surface area contributed by atoms with Crippen LogP contribution < -0.4 is 20.4 Å². The number of hydrogen-bond acceptors (Lipinski definition) is 7. The summed E-state index contributed by atoms with van der Waals surface area (Å²) < 4.78 is 16.8. The number of amides is 1. The summed E-state index contributed by atoms with van der Waals surface area (Å²) in [4.78, 5) is 29.8. The quantitative estimate of drug-likeness (QED) is 0.323. The van der Waals surface area contributed by atoms with Gasteiger partial charge in [0.05, 0.1) is 24.4 Å². The maximum Gasteiger partial charge on any atom is 0.349 e. The summed E-state index contributed by atoms with van der Waals surface area (Å²) in [5, 5.41) is 5.64. The Morgan fingerprint density at radius 2 is 1.77 bits per heavy atom. The van der Waals surface area contributed by atoms with Crippen molar-refractivity contribution in [1.29, 1.82) is 0 Å². The second-order valence-electron chi connectivity index (χ2n) is 6.79. The third-order valence-electron chi connectivity index (χ3n) is 5.00. The molecule has 0 radical (unpaired) electrons. The van der Waals surface area contributed by atoms with Crippen LogP contribution in [0, 0.1) is 0 Å². The zero-order valence-corrected chi connectivity index (χ0v) is 17.4. The lowest BCUT2D eigenvalue weighted by molar-refractivity contribution is 0.102. The Labute approximate surface area is 179 Å². The van der Waals surface area contributed by atoms with E-state index in [1.54, 1.807) is 38.5 Å². The highest BCUT2D eigenvalue weighted by Gasteiger charge is 2.18. The minimum atomic E-state index is -0.704. The highest BCUT2D eigenvalue weighted by Crippen LogP contribution is 2.36. The number of nitrogens with zero attached hydrogens (tertiary/aromatic N) is 1. The fourth-order valence-corrected chi connectivity index (χ4v) is 4.37. The average molecular weight is 432 g/mol. The smallest absolute Gasteiger partial charge is 0.349 e. The largest absolute Gasteiger partial charge is 0.493 e. The maximum atomic E-state index is 12.9. The van der Waals surface area contributed by atoms with Crippen LogP contribution >= 0.6 is 11.3 Å². The van der Waals surface area contributed by atoms with Gasteiger partial charge in [-0.25, -0.2) is 9.78 Å². The van der Waals surface area contributed by atoms with E-state index in [1.807, 2.05) is 30.3 Å². The van der Waals surface area contributed by atoms with E-state index in [0.29, 0.717) is 33.1 Å². The minimum Gasteiger partial charge on any atom is -0.493 e. The standard InChI is InChI=1S/C23H16N2O5S/c1-28-18-10-16-20(11-19(18)29-2)31-23(24-16)25-21(26)15-9-14-13-6-4-3-5-12(13)7-8-17(14)30-22(15)27/h3-11H,1-2H3,(H,24,25,26). The zero-order valence-electron chi connectivity index (χ0n) is 16.6. The molecule has 31 heavy (non-hydrogen) atoms. The van der Waals surface area contributed by atoms with Gasteiger partial charge in [0.25, 0.3) is 5.91 Å². The molecule has 0 saturated carbocycles. The predicted molar refractivity (Wildman–Crippen MR) is 121 cm³/mol. The first-order chi connectivity index (χ1) is 15.1. The van der Waals surface area contributed by atoms with Crippen LogP contribution in [0.5, 0.6) is 11.5 Å². The molecule has 0 spiro atoms. The van der Waals surface area contributed by atoms with E-state index in [9.17, 15) is 9.59 Å². The van der Waals surface area contributed by atoms with E-state index in [0.717, 1.165) is 15.5 Å². The summed E-state index contributed by atoms with van der Waals surface area (Å²) in [6, 6.07) is 16.4. The van der Waals surface area contributed by atoms with Crippen molar-refractivity contribution in [1.82, 2.24) is 4.98 Å². The van der Waals surface area contributed by atoms with E-state index in [4.69, 9.17) is 13.9 Å². The number of fused-ring (bicyclic) bond motifs is 4. The number of aromatic nitrogens is 1. The number of nitrogens with one attached hydrogen (secondary N) is 1. The molecular formula is C23H16N2O5S. The van der Waals surface area contributed by atoms with Crippen molar-refractivity contribution in [2.45, 2.75) is 0 Å². The summed E-state index contributed by atoms with van der Waals surface area (Å²) in [6.45, 7) is 0. The Morgan fingerprint density at radius 1 is 1.00 bits per heavy atom. The van der Waals surface area contributed by atoms with Crippen LogP contribution in [0.3, 0.4) is 0 Å². The molecule has 0 aliphatic rings. The van der Waals surface area contributed by atoms with E-state index in [2.05, 4.69) is 10.3 Å². The molecule has 1 N–H and O–H groups in total. The summed E-state index contributed by atoms with van der Waals surface area (Å²) in [5.41, 5.74) is 0.289. The van der Waals surface area contributed by atoms with Crippen molar-refractivity contribution >= 4 is 54.3 Å². The lowest BCUT2D eigenvalue weighted by Gasteiger charge is -2.05. The van der Waals surface area contributed by atoms with Gasteiger partial charge in [-0.15, -0.1) is 0 Å². The van der Waals surface area contributed by atoms with E-state index < -0.39 is 11.5 Å². The number of ether oxygens (including phenoxy) is 2. The number of rotatable bonds is 4. The summed E-state index contributed by atoms with van der Waals surface area (Å²) in [6.07, 6.45) is 0. The van der Waals surface area contributed by atoms with Crippen LogP contribution in [0.2, 0.25) is 0 Å². The number of carbonyl (C=O) groups excluding carboxylic acids is 1. The summed E-state index contributed by atoms with van der Waals surface area (Å²) in [5.74, 6) is 0.528. The molecule has 5 rings (SSSR count). The van der Waals surface area contributed by atoms with Crippen LogP contribution in [0.1, 0.15) is 10.4 Å². The molecule has 8 heteroatoms. The van der Waals surface area contributed by atoms with Crippen molar-refractivity contribution in [2.24, 2.45) is 0 Å². The van der Waals surface area contributed by atoms with Crippen LogP contribution in [-0.2, 0) is 0 Å². The average Bonchev–Trinajstić information content (AvgIpc) is 3.18. The monoisotopic (exact) mass is 432 g/mol. The number of methoxy groups -OCH3 is 2. The molecule has 0 saturated heterocycles. The number of carbonyl (C=O) groups is 1. The third kappa shape index (κ3) is 3.27. The van der Waals surface area contributed by atoms with Gasteiger partial charge in [-0.1, -0.05) is 41.7 Å². The van der Waals surface area contributed by atoms with Crippen molar-refractivity contribution < 1.29 is 18.7 Å². The van der Waals surface area contributed by atoms with Gasteiger partial charge in [-0.3, -0.25) is 10.1 Å². The van der Waals surface area contributed by atoms with Crippen molar-refractivity contribution in [2.75, 3.05) is 19.5 Å². The number of benzene rings is 3. The molecule has 7 nitrogen and oxygen atoms in total. The van der Waals surface area contributed by atoms with E-state index in [-0.39, 0.29) is 5.56 Å². The Balaban J connectivity index is 1.55. The predicted octanol–water partition coefficient (Wildman–Crippen LogP) is 4.83. The van der Waals surface area contributed by atoms with E-state index >= 15 is 0 Å². The van der Waals surface area contributed by atoms with E-state index in [1.165, 1.54) is 11.3 Å². The Morgan fingerprint density at radius 3 is 2.58 bits per heavy atom. The van der Waals surface area contributed by atoms with Gasteiger partial charge in [0, 0.05) is 17.5 Å². The molecule has 2 aromatic heterocycles. The lowest BCUT2D eigenvalue weighted by Crippen LogP contribution is -2.20. The topological polar surface area (TPSA) is 90.7 Å². The van der Waals surface area contributed by atoms with Gasteiger partial charge in [0.15, 0.2) is 16.6 Å². The first-order valence-corrected chi connectivity index (χ1v) is 10.2. The Hall–Kier alpha value is -3.91. The van der Waals surface area contributed by atoms with Gasteiger partial charge >= 0.3 is 5.63 Å². The second kappa shape index (κ2) is 7.41. The van der Waals surface area contributed by atoms with Gasteiger partial charge in [-0.2, -0.15) is 0 Å². The summed E-state index contributed by atoms with van der Waals surface area (Å²) >= 11 is 1.27. The van der Waals surface area contributed by atoms with Crippen LogP contribution in [0.4, 0.5) is 5.13 Å². The number of anilines is 1. The Kier molecular flexibility index (Phi) is 4.56. The van der Waals surface area contributed by atoms with Crippen LogP contribution in [0.25, 0.3) is 32.0 Å². The number of thiazole rings is 1. The molecule has 0 aliphatic heterocycles. The highest BCUT2D eigenvalue weighted by molar-refractivity contribution is 7.22. The van der Waals surface area contributed by atoms with Crippen molar-refractivity contribution in [3.63, 3.8) is 0 Å². The maximum absolute atomic E-state index is 12.9. The molecule has 3 aromatic carbocycles. The molecule has 0 bridgehead atoms. The fourth-order valence-electron chi connectivity index (χ4n) is 3.50. The first kappa shape index (κ1) is 19.1. The highest BCUT2D eigenvalue weighted by atomic mass is 32.1. The molecule has 154 valence electrons. The molecule has 2 heterocycles. The fraction of sp³-hybridized carbons (Fsp3) is 0.0870. The second-order valence-corrected chi connectivity index (χ2v) is 7.82. The molecule has 0 unspecified atom stereocenters. The molecular weight excluding hydrogens is 416 g/mol. The zero-order chi connectivity index (χ0) is 21.5. The molecule has 1 amide bonds. The van der Waals surface area contributed by atoms with Gasteiger partial charge in [-0.05, 0) is 22.9 Å². The molecule has 0 aliphatic carbocycles. The third-order valence-corrected chi connectivity index (χ3v) is 5.93. The molecule has 0 atom stereocenters. The summed E-state index contributed by atoms with van der Waals surface area (Å²) in [7, 11) is 3.09. The van der Waals surface area contributed by atoms with Crippen molar-refractivity contribution in [3.05, 3.63) is 70.6 Å². The van der Waals surface area contributed by atoms with Crippen LogP contribution in [-0.4, -0.2) is 25.1 Å². The SMILES string of the molecule is COc1cc2nc(NC(=O)c3cc4c(ccc5ccccc54)oc3=O)sc2cc1OC. The van der Waals surface area contributed by atoms with Gasteiger partial charge in [0.2, 0.25) is 0 Å². The molecule has 5 aromatic rings. The minimum absolute atomic E-state index is 0.0849. The normalized spacial score (nSPS) is 11.2. The number of hydrogen-bond donors (Lipinski definition) is 1. The van der Waals surface area contributed by atoms with Crippen molar-refractivity contribution in [3.8, 4) is 11.5 Å². The van der Waals surface area contributed by atoms with Crippen LogP contribution in [0.15, 0.2) is 63.8 Å². The molecule has 0 fully saturated rings. The first-order valence-electron chi connectivity index (χ1n) is 9.37.